The highest BCUT2D eigenvalue weighted by Gasteiger charge is 2.11. The number of carboxylic acid groups (broad SMARTS) is 1. The number of rotatable bonds is 7. The molecular weight excluding hydrogens is 302 g/mol. The van der Waals surface area contributed by atoms with Crippen LogP contribution in [0.2, 0.25) is 0 Å². The summed E-state index contributed by atoms with van der Waals surface area (Å²) in [6.07, 6.45) is 0.467. The van der Waals surface area contributed by atoms with Crippen molar-refractivity contribution in [2.24, 2.45) is 0 Å². The number of nitrogens with zero attached hydrogens (tertiary/aromatic N) is 2. The van der Waals surface area contributed by atoms with Gasteiger partial charge in [-0.15, -0.1) is 0 Å². The van der Waals surface area contributed by atoms with Gasteiger partial charge in [0, 0.05) is 25.6 Å². The average Bonchev–Trinajstić information content (AvgIpc) is 2.91. The van der Waals surface area contributed by atoms with E-state index in [0.717, 1.165) is 0 Å². The molecular formula is C15H17N3O5. The number of carbonyl (C=O) groups is 2. The first-order valence-electron chi connectivity index (χ1n) is 6.93. The quantitative estimate of drug-likeness (QED) is 0.799. The number of aromatic carboxylic acids is 1. The number of amides is 1. The van der Waals surface area contributed by atoms with Crippen molar-refractivity contribution in [3.05, 3.63) is 41.0 Å². The maximum Gasteiger partial charge on any atom is 0.335 e. The lowest BCUT2D eigenvalue weighted by molar-refractivity contribution is -0.116. The summed E-state index contributed by atoms with van der Waals surface area (Å²) in [6.45, 7) is 1.95. The lowest BCUT2D eigenvalue weighted by Gasteiger charge is -2.09. The van der Waals surface area contributed by atoms with Gasteiger partial charge in [-0.2, -0.15) is 4.98 Å². The van der Waals surface area contributed by atoms with Gasteiger partial charge in [-0.05, 0) is 30.7 Å². The molecule has 1 aromatic heterocycles. The minimum Gasteiger partial charge on any atom is -0.478 e. The van der Waals surface area contributed by atoms with Crippen molar-refractivity contribution >= 4 is 17.6 Å². The van der Waals surface area contributed by atoms with Gasteiger partial charge < -0.3 is 19.7 Å². The van der Waals surface area contributed by atoms with Crippen molar-refractivity contribution in [3.63, 3.8) is 0 Å². The first kappa shape index (κ1) is 16.6. The molecule has 0 atom stereocenters. The molecule has 122 valence electrons. The van der Waals surface area contributed by atoms with E-state index in [4.69, 9.17) is 14.4 Å². The second kappa shape index (κ2) is 7.50. The summed E-state index contributed by atoms with van der Waals surface area (Å²) in [7, 11) is 1.51. The number of hydrogen-bond donors (Lipinski definition) is 2. The molecule has 0 saturated heterocycles. The summed E-state index contributed by atoms with van der Waals surface area (Å²) in [6, 6.07) is 4.57. The molecule has 1 heterocycles. The molecule has 2 rings (SSSR count). The van der Waals surface area contributed by atoms with E-state index in [2.05, 4.69) is 15.5 Å². The highest BCUT2D eigenvalue weighted by atomic mass is 16.5. The smallest absolute Gasteiger partial charge is 0.335 e. The van der Waals surface area contributed by atoms with Gasteiger partial charge in [0.1, 0.15) is 0 Å². The number of aromatic nitrogens is 2. The number of aryl methyl sites for hydroxylation is 2. The van der Waals surface area contributed by atoms with Crippen LogP contribution in [0.4, 0.5) is 5.69 Å². The van der Waals surface area contributed by atoms with E-state index < -0.39 is 5.97 Å². The first-order valence-corrected chi connectivity index (χ1v) is 6.93. The fourth-order valence-corrected chi connectivity index (χ4v) is 2.02. The van der Waals surface area contributed by atoms with Gasteiger partial charge >= 0.3 is 5.97 Å². The summed E-state index contributed by atoms with van der Waals surface area (Å²) in [5, 5.41) is 15.4. The zero-order valence-corrected chi connectivity index (χ0v) is 12.8. The van der Waals surface area contributed by atoms with Gasteiger partial charge in [-0.3, -0.25) is 4.79 Å². The van der Waals surface area contributed by atoms with Crippen LogP contribution in [-0.2, 0) is 22.6 Å². The van der Waals surface area contributed by atoms with Crippen LogP contribution in [0.3, 0.4) is 0 Å². The van der Waals surface area contributed by atoms with Crippen LogP contribution >= 0.6 is 0 Å². The fraction of sp³-hybridized carbons (Fsp3) is 0.333. The second-order valence-corrected chi connectivity index (χ2v) is 4.94. The molecule has 23 heavy (non-hydrogen) atoms. The summed E-state index contributed by atoms with van der Waals surface area (Å²) in [4.78, 5) is 27.1. The Morgan fingerprint density at radius 2 is 2.13 bits per heavy atom. The molecule has 2 N–H and O–H groups in total. The Morgan fingerprint density at radius 3 is 2.74 bits per heavy atom. The van der Waals surface area contributed by atoms with Gasteiger partial charge in [-0.25, -0.2) is 4.79 Å². The first-order chi connectivity index (χ1) is 11.0. The zero-order chi connectivity index (χ0) is 16.8. The van der Waals surface area contributed by atoms with Crippen LogP contribution in [0, 0.1) is 6.92 Å². The minimum atomic E-state index is -1.07. The van der Waals surface area contributed by atoms with Crippen LogP contribution in [0.25, 0.3) is 0 Å². The maximum absolute atomic E-state index is 12.0. The minimum absolute atomic E-state index is 0.0855. The molecule has 1 amide bonds. The van der Waals surface area contributed by atoms with Crippen molar-refractivity contribution in [1.82, 2.24) is 10.1 Å². The monoisotopic (exact) mass is 319 g/mol. The second-order valence-electron chi connectivity index (χ2n) is 4.94. The highest BCUT2D eigenvalue weighted by Crippen LogP contribution is 2.17. The highest BCUT2D eigenvalue weighted by molar-refractivity contribution is 5.94. The van der Waals surface area contributed by atoms with E-state index >= 15 is 0 Å². The molecule has 0 aliphatic carbocycles. The van der Waals surface area contributed by atoms with E-state index in [1.54, 1.807) is 13.0 Å². The van der Waals surface area contributed by atoms with Crippen LogP contribution in [0.1, 0.15) is 34.1 Å². The molecule has 0 fully saturated rings. The zero-order valence-electron chi connectivity index (χ0n) is 12.8. The Bertz CT molecular complexity index is 711. The molecule has 0 saturated carbocycles. The summed E-state index contributed by atoms with van der Waals surface area (Å²) < 4.78 is 9.93. The molecule has 0 spiro atoms. The number of methoxy groups -OCH3 is 1. The lowest BCUT2D eigenvalue weighted by atomic mass is 10.1. The predicted octanol–water partition coefficient (Wildman–Crippen LogP) is 1.79. The van der Waals surface area contributed by atoms with Crippen molar-refractivity contribution in [1.29, 1.82) is 0 Å². The Kier molecular flexibility index (Phi) is 5.42. The summed E-state index contributed by atoms with van der Waals surface area (Å²) >= 11 is 0. The van der Waals surface area contributed by atoms with Crippen molar-refractivity contribution in [3.8, 4) is 0 Å². The standard InChI is InChI=1S/C15H17N3O5/c1-9-16-14(23-18-9)4-3-13(19)17-12-6-10(8-22-2)5-11(7-12)15(20)21/h5-7H,3-4,8H2,1-2H3,(H,17,19)(H,20,21). The van der Waals surface area contributed by atoms with Crippen LogP contribution < -0.4 is 5.32 Å². The van der Waals surface area contributed by atoms with E-state index in [-0.39, 0.29) is 24.5 Å². The fourth-order valence-electron chi connectivity index (χ4n) is 2.02. The third-order valence-electron chi connectivity index (χ3n) is 2.97. The van der Waals surface area contributed by atoms with Gasteiger partial charge in [0.2, 0.25) is 11.8 Å². The Morgan fingerprint density at radius 1 is 1.35 bits per heavy atom. The maximum atomic E-state index is 12.0. The molecule has 2 aromatic rings. The molecule has 8 heteroatoms. The van der Waals surface area contributed by atoms with E-state index in [1.165, 1.54) is 19.2 Å². The summed E-state index contributed by atoms with van der Waals surface area (Å²) in [5.74, 6) is -0.442. The molecule has 0 aliphatic heterocycles. The Labute approximate surface area is 132 Å². The van der Waals surface area contributed by atoms with Crippen LogP contribution in [0.5, 0.6) is 0 Å². The normalized spacial score (nSPS) is 10.5. The third kappa shape index (κ3) is 4.89. The Balaban J connectivity index is 2.02. The topological polar surface area (TPSA) is 115 Å². The number of ether oxygens (including phenoxy) is 1. The molecule has 0 unspecified atom stereocenters. The van der Waals surface area contributed by atoms with Gasteiger partial charge in [0.15, 0.2) is 5.82 Å². The molecule has 8 nitrogen and oxygen atoms in total. The van der Waals surface area contributed by atoms with Crippen LogP contribution in [-0.4, -0.2) is 34.2 Å². The number of nitrogens with one attached hydrogen (secondary N) is 1. The van der Waals surface area contributed by atoms with Crippen molar-refractivity contribution < 1.29 is 24.0 Å². The van der Waals surface area contributed by atoms with E-state index in [0.29, 0.717) is 29.4 Å². The average molecular weight is 319 g/mol. The lowest BCUT2D eigenvalue weighted by Crippen LogP contribution is -2.13. The molecule has 1 aromatic carbocycles. The SMILES string of the molecule is COCc1cc(NC(=O)CCc2nc(C)no2)cc(C(=O)O)c1. The van der Waals surface area contributed by atoms with Crippen molar-refractivity contribution in [2.75, 3.05) is 12.4 Å². The largest absolute Gasteiger partial charge is 0.478 e. The molecule has 0 radical (unpaired) electrons. The number of carbonyl (C=O) groups excluding carboxylic acids is 1. The van der Waals surface area contributed by atoms with E-state index in [1.807, 2.05) is 0 Å². The number of hydrogen-bond acceptors (Lipinski definition) is 6. The predicted molar refractivity (Wildman–Crippen MR) is 80.1 cm³/mol. The summed E-state index contributed by atoms with van der Waals surface area (Å²) in [5.41, 5.74) is 1.15. The van der Waals surface area contributed by atoms with Gasteiger partial charge in [0.05, 0.1) is 12.2 Å². The number of anilines is 1. The Hall–Kier alpha value is -2.74. The van der Waals surface area contributed by atoms with Gasteiger partial charge in [0.25, 0.3) is 0 Å². The van der Waals surface area contributed by atoms with E-state index in [9.17, 15) is 9.59 Å². The van der Waals surface area contributed by atoms with Crippen molar-refractivity contribution in [2.45, 2.75) is 26.4 Å². The van der Waals surface area contributed by atoms with Crippen LogP contribution in [0.15, 0.2) is 22.7 Å². The van der Waals surface area contributed by atoms with Gasteiger partial charge in [-0.1, -0.05) is 5.16 Å². The molecule has 0 aliphatic rings. The molecule has 0 bridgehead atoms. The number of carboxylic acids is 1. The number of benzene rings is 1. The third-order valence-corrected chi connectivity index (χ3v) is 2.97.